The van der Waals surface area contributed by atoms with E-state index in [1.165, 1.54) is 12.4 Å². The molecule has 0 spiro atoms. The number of nitrogens with zero attached hydrogens (tertiary/aromatic N) is 2. The predicted octanol–water partition coefficient (Wildman–Crippen LogP) is 2.09. The highest BCUT2D eigenvalue weighted by molar-refractivity contribution is 9.10. The smallest absolute Gasteiger partial charge is 0.275 e. The van der Waals surface area contributed by atoms with Crippen molar-refractivity contribution in [2.24, 2.45) is 5.84 Å². The van der Waals surface area contributed by atoms with Gasteiger partial charge in [0.05, 0.1) is 12.4 Å². The summed E-state index contributed by atoms with van der Waals surface area (Å²) in [6.07, 6.45) is 2.81. The lowest BCUT2D eigenvalue weighted by Gasteiger charge is -2.09. The Morgan fingerprint density at radius 2 is 2.16 bits per heavy atom. The van der Waals surface area contributed by atoms with Crippen molar-refractivity contribution < 1.29 is 4.79 Å². The molecule has 4 N–H and O–H groups in total. The molecule has 0 aliphatic rings. The molecule has 0 aliphatic heterocycles. The molecule has 6 nitrogen and oxygen atoms in total. The largest absolute Gasteiger partial charge is 0.320 e. The van der Waals surface area contributed by atoms with Crippen LogP contribution >= 0.6 is 15.9 Å². The first kappa shape index (κ1) is 13.4. The van der Waals surface area contributed by atoms with E-state index in [4.69, 9.17) is 5.84 Å². The van der Waals surface area contributed by atoms with E-state index < -0.39 is 0 Å². The van der Waals surface area contributed by atoms with E-state index in [1.54, 1.807) is 0 Å². The summed E-state index contributed by atoms with van der Waals surface area (Å²) < 4.78 is 0.925. The molecule has 0 saturated heterocycles. The van der Waals surface area contributed by atoms with Crippen LogP contribution in [-0.4, -0.2) is 15.9 Å². The fraction of sp³-hybridized carbons (Fsp3) is 0.0833. The van der Waals surface area contributed by atoms with Crippen molar-refractivity contribution in [2.75, 3.05) is 10.7 Å². The molecule has 0 bridgehead atoms. The molecule has 0 aliphatic carbocycles. The van der Waals surface area contributed by atoms with E-state index in [0.29, 0.717) is 11.5 Å². The summed E-state index contributed by atoms with van der Waals surface area (Å²) in [5, 5.41) is 2.78. The Balaban J connectivity index is 2.23. The van der Waals surface area contributed by atoms with Crippen LogP contribution in [0, 0.1) is 6.92 Å². The molecule has 2 aromatic rings. The second kappa shape index (κ2) is 5.77. The molecule has 1 aromatic carbocycles. The van der Waals surface area contributed by atoms with Gasteiger partial charge in [-0.3, -0.25) is 9.78 Å². The maximum atomic E-state index is 12.0. The zero-order valence-electron chi connectivity index (χ0n) is 10.1. The van der Waals surface area contributed by atoms with Crippen LogP contribution in [0.25, 0.3) is 0 Å². The first-order chi connectivity index (χ1) is 9.11. The number of anilines is 2. The van der Waals surface area contributed by atoms with Crippen LogP contribution < -0.4 is 16.6 Å². The van der Waals surface area contributed by atoms with E-state index >= 15 is 0 Å². The number of benzene rings is 1. The minimum absolute atomic E-state index is 0.190. The molecule has 7 heteroatoms. The van der Waals surface area contributed by atoms with Gasteiger partial charge in [-0.25, -0.2) is 10.8 Å². The summed E-state index contributed by atoms with van der Waals surface area (Å²) in [5.41, 5.74) is 4.19. The fourth-order valence-electron chi connectivity index (χ4n) is 1.47. The SMILES string of the molecule is Cc1c(Br)cccc1NC(=O)c1cncc(NN)n1. The van der Waals surface area contributed by atoms with Gasteiger partial charge in [0.25, 0.3) is 5.91 Å². The number of hydrogen-bond acceptors (Lipinski definition) is 5. The minimum atomic E-state index is -0.342. The Bertz CT molecular complexity index is 617. The van der Waals surface area contributed by atoms with E-state index in [0.717, 1.165) is 10.0 Å². The molecule has 98 valence electrons. The number of aromatic nitrogens is 2. The number of nitrogen functional groups attached to an aromatic ring is 1. The van der Waals surface area contributed by atoms with Crippen LogP contribution in [0.1, 0.15) is 16.1 Å². The molecule has 0 saturated carbocycles. The highest BCUT2D eigenvalue weighted by Gasteiger charge is 2.11. The lowest BCUT2D eigenvalue weighted by molar-refractivity contribution is 0.102. The average molecular weight is 322 g/mol. The summed E-state index contributed by atoms with van der Waals surface area (Å²) in [4.78, 5) is 19.9. The van der Waals surface area contributed by atoms with Gasteiger partial charge in [0.1, 0.15) is 5.69 Å². The molecule has 1 amide bonds. The quantitative estimate of drug-likeness (QED) is 0.594. The van der Waals surface area contributed by atoms with Gasteiger partial charge in [-0.05, 0) is 24.6 Å². The molecule has 2 rings (SSSR count). The van der Waals surface area contributed by atoms with Crippen molar-refractivity contribution in [3.8, 4) is 0 Å². The number of carbonyl (C=O) groups is 1. The van der Waals surface area contributed by atoms with Gasteiger partial charge in [-0.1, -0.05) is 22.0 Å². The van der Waals surface area contributed by atoms with E-state index in [2.05, 4.69) is 36.6 Å². The molecule has 0 unspecified atom stereocenters. The van der Waals surface area contributed by atoms with Gasteiger partial charge >= 0.3 is 0 Å². The maximum Gasteiger partial charge on any atom is 0.275 e. The highest BCUT2D eigenvalue weighted by atomic mass is 79.9. The first-order valence-electron chi connectivity index (χ1n) is 5.47. The summed E-state index contributed by atoms with van der Waals surface area (Å²) in [7, 11) is 0. The van der Waals surface area contributed by atoms with Gasteiger partial charge in [0.15, 0.2) is 5.82 Å². The standard InChI is InChI=1S/C12H12BrN5O/c1-7-8(13)3-2-4-9(7)17-12(19)10-5-15-6-11(16-10)18-14/h2-6H,14H2,1H3,(H,16,18)(H,17,19). The van der Waals surface area contributed by atoms with Crippen molar-refractivity contribution >= 4 is 33.3 Å². The third kappa shape index (κ3) is 3.07. The van der Waals surface area contributed by atoms with Crippen molar-refractivity contribution in [2.45, 2.75) is 6.92 Å². The number of hydrogen-bond donors (Lipinski definition) is 3. The second-order valence-corrected chi connectivity index (χ2v) is 4.65. The minimum Gasteiger partial charge on any atom is -0.320 e. The Kier molecular flexibility index (Phi) is 4.08. The number of rotatable bonds is 3. The summed E-state index contributed by atoms with van der Waals surface area (Å²) in [6.45, 7) is 1.91. The van der Waals surface area contributed by atoms with Crippen LogP contribution in [0.3, 0.4) is 0 Å². The molecular weight excluding hydrogens is 310 g/mol. The Hall–Kier alpha value is -1.99. The third-order valence-electron chi connectivity index (χ3n) is 2.53. The summed E-state index contributed by atoms with van der Waals surface area (Å²) in [6, 6.07) is 5.57. The van der Waals surface area contributed by atoms with Crippen LogP contribution in [0.15, 0.2) is 35.1 Å². The number of nitrogens with two attached hydrogens (primary N) is 1. The average Bonchev–Trinajstić information content (AvgIpc) is 2.44. The summed E-state index contributed by atoms with van der Waals surface area (Å²) >= 11 is 3.41. The Labute approximate surface area is 118 Å². The van der Waals surface area contributed by atoms with Gasteiger partial charge < -0.3 is 10.7 Å². The van der Waals surface area contributed by atoms with Crippen LogP contribution in [-0.2, 0) is 0 Å². The maximum absolute atomic E-state index is 12.0. The monoisotopic (exact) mass is 321 g/mol. The van der Waals surface area contributed by atoms with E-state index in [-0.39, 0.29) is 11.6 Å². The predicted molar refractivity (Wildman–Crippen MR) is 76.7 cm³/mol. The van der Waals surface area contributed by atoms with Crippen molar-refractivity contribution in [1.82, 2.24) is 9.97 Å². The van der Waals surface area contributed by atoms with Gasteiger partial charge in [-0.2, -0.15) is 0 Å². The van der Waals surface area contributed by atoms with E-state index in [1.807, 2.05) is 25.1 Å². The number of hydrazine groups is 1. The fourth-order valence-corrected chi connectivity index (χ4v) is 1.84. The molecule has 1 aromatic heterocycles. The topological polar surface area (TPSA) is 92.9 Å². The van der Waals surface area contributed by atoms with Gasteiger partial charge in [-0.15, -0.1) is 0 Å². The normalized spacial score (nSPS) is 10.1. The van der Waals surface area contributed by atoms with Gasteiger partial charge in [0.2, 0.25) is 0 Å². The number of amides is 1. The number of carbonyl (C=O) groups excluding carboxylic acids is 1. The molecule has 19 heavy (non-hydrogen) atoms. The molecule has 1 heterocycles. The first-order valence-corrected chi connectivity index (χ1v) is 6.26. The van der Waals surface area contributed by atoms with Crippen LogP contribution in [0.2, 0.25) is 0 Å². The summed E-state index contributed by atoms with van der Waals surface area (Å²) in [5.74, 6) is 5.22. The molecular formula is C12H12BrN5O. The molecule has 0 atom stereocenters. The zero-order chi connectivity index (χ0) is 13.8. The van der Waals surface area contributed by atoms with Crippen molar-refractivity contribution in [3.63, 3.8) is 0 Å². The van der Waals surface area contributed by atoms with Crippen molar-refractivity contribution in [1.29, 1.82) is 0 Å². The number of halogens is 1. The highest BCUT2D eigenvalue weighted by Crippen LogP contribution is 2.23. The van der Waals surface area contributed by atoms with Crippen LogP contribution in [0.5, 0.6) is 0 Å². The Morgan fingerprint density at radius 3 is 2.89 bits per heavy atom. The van der Waals surface area contributed by atoms with E-state index in [9.17, 15) is 4.79 Å². The zero-order valence-corrected chi connectivity index (χ0v) is 11.7. The van der Waals surface area contributed by atoms with Gasteiger partial charge in [0, 0.05) is 10.2 Å². The number of nitrogens with one attached hydrogen (secondary N) is 2. The third-order valence-corrected chi connectivity index (χ3v) is 3.39. The lowest BCUT2D eigenvalue weighted by atomic mass is 10.2. The van der Waals surface area contributed by atoms with Crippen LogP contribution in [0.4, 0.5) is 11.5 Å². The second-order valence-electron chi connectivity index (χ2n) is 3.80. The van der Waals surface area contributed by atoms with Crippen molar-refractivity contribution in [3.05, 3.63) is 46.3 Å². The molecule has 0 radical (unpaired) electrons. The lowest BCUT2D eigenvalue weighted by Crippen LogP contribution is -2.17. The molecule has 0 fully saturated rings. The Morgan fingerprint density at radius 1 is 1.37 bits per heavy atom.